The van der Waals surface area contributed by atoms with E-state index in [9.17, 15) is 4.39 Å². The van der Waals surface area contributed by atoms with Crippen LogP contribution in [0.25, 0.3) is 0 Å². The Morgan fingerprint density at radius 3 is 3.00 bits per heavy atom. The standard InChI is InChI=1S/C7H7BrClF/c8-4-5-1-2-7(10)6(9)3-5/h2-3,5H,1,4H2/t5-/m0/s1. The predicted molar refractivity (Wildman–Crippen MR) is 45.0 cm³/mol. The molecule has 1 atom stereocenters. The summed E-state index contributed by atoms with van der Waals surface area (Å²) in [6.07, 6.45) is 4.01. The van der Waals surface area contributed by atoms with Gasteiger partial charge in [-0.3, -0.25) is 0 Å². The molecule has 0 spiro atoms. The molecule has 0 fully saturated rings. The van der Waals surface area contributed by atoms with E-state index in [0.29, 0.717) is 5.92 Å². The Balaban J connectivity index is 2.66. The van der Waals surface area contributed by atoms with Gasteiger partial charge in [-0.2, -0.15) is 0 Å². The van der Waals surface area contributed by atoms with Crippen molar-refractivity contribution in [2.75, 3.05) is 5.33 Å². The summed E-state index contributed by atoms with van der Waals surface area (Å²) in [6, 6.07) is 0. The first kappa shape index (κ1) is 8.28. The smallest absolute Gasteiger partial charge is 0.137 e. The molecule has 1 aliphatic rings. The number of alkyl halides is 1. The van der Waals surface area contributed by atoms with Crippen LogP contribution in [0, 0.1) is 5.92 Å². The summed E-state index contributed by atoms with van der Waals surface area (Å²) < 4.78 is 12.5. The molecule has 0 bridgehead atoms. The zero-order valence-corrected chi connectivity index (χ0v) is 7.62. The van der Waals surface area contributed by atoms with Crippen molar-refractivity contribution in [1.82, 2.24) is 0 Å². The van der Waals surface area contributed by atoms with Crippen molar-refractivity contribution in [3.8, 4) is 0 Å². The number of halogens is 3. The summed E-state index contributed by atoms with van der Waals surface area (Å²) >= 11 is 8.84. The molecule has 0 saturated carbocycles. The zero-order chi connectivity index (χ0) is 7.56. The molecule has 0 amide bonds. The number of hydrogen-bond acceptors (Lipinski definition) is 0. The molecule has 0 N–H and O–H groups in total. The van der Waals surface area contributed by atoms with Crippen molar-refractivity contribution in [2.24, 2.45) is 5.92 Å². The van der Waals surface area contributed by atoms with Crippen LogP contribution in [0.4, 0.5) is 4.39 Å². The topological polar surface area (TPSA) is 0 Å². The molecular weight excluding hydrogens is 218 g/mol. The monoisotopic (exact) mass is 224 g/mol. The molecule has 0 aromatic rings. The first-order chi connectivity index (χ1) is 4.74. The number of rotatable bonds is 1. The fourth-order valence-electron chi connectivity index (χ4n) is 0.814. The zero-order valence-electron chi connectivity index (χ0n) is 5.28. The molecule has 1 rings (SSSR count). The van der Waals surface area contributed by atoms with Crippen molar-refractivity contribution < 1.29 is 4.39 Å². The Labute approximate surface area is 72.9 Å². The lowest BCUT2D eigenvalue weighted by Gasteiger charge is -2.11. The van der Waals surface area contributed by atoms with E-state index in [2.05, 4.69) is 15.9 Å². The van der Waals surface area contributed by atoms with Crippen molar-refractivity contribution in [1.29, 1.82) is 0 Å². The minimum atomic E-state index is -0.293. The van der Waals surface area contributed by atoms with Gasteiger partial charge < -0.3 is 0 Å². The molecule has 0 unspecified atom stereocenters. The van der Waals surface area contributed by atoms with Gasteiger partial charge in [-0.15, -0.1) is 0 Å². The third-order valence-corrected chi connectivity index (χ3v) is 2.55. The second-order valence-corrected chi connectivity index (χ2v) is 3.27. The van der Waals surface area contributed by atoms with Gasteiger partial charge >= 0.3 is 0 Å². The van der Waals surface area contributed by atoms with E-state index < -0.39 is 0 Å². The quantitative estimate of drug-likeness (QED) is 0.600. The highest BCUT2D eigenvalue weighted by atomic mass is 79.9. The first-order valence-corrected chi connectivity index (χ1v) is 4.53. The molecule has 0 aliphatic heterocycles. The van der Waals surface area contributed by atoms with Gasteiger partial charge in [-0.05, 0) is 18.4 Å². The van der Waals surface area contributed by atoms with Gasteiger partial charge in [0.15, 0.2) is 0 Å². The van der Waals surface area contributed by atoms with Gasteiger partial charge in [0.2, 0.25) is 0 Å². The van der Waals surface area contributed by atoms with Gasteiger partial charge in [0.1, 0.15) is 5.83 Å². The Morgan fingerprint density at radius 2 is 2.50 bits per heavy atom. The van der Waals surface area contributed by atoms with Crippen molar-refractivity contribution in [3.63, 3.8) is 0 Å². The SMILES string of the molecule is FC1=CC[C@H](CBr)C=C1Cl. The maximum Gasteiger partial charge on any atom is 0.137 e. The first-order valence-electron chi connectivity index (χ1n) is 3.03. The van der Waals surface area contributed by atoms with E-state index in [1.54, 1.807) is 6.08 Å². The van der Waals surface area contributed by atoms with Crippen molar-refractivity contribution in [2.45, 2.75) is 6.42 Å². The van der Waals surface area contributed by atoms with Crippen LogP contribution in [0.15, 0.2) is 23.0 Å². The van der Waals surface area contributed by atoms with Crippen LogP contribution in [0.3, 0.4) is 0 Å². The van der Waals surface area contributed by atoms with Crippen LogP contribution in [0.1, 0.15) is 6.42 Å². The lowest BCUT2D eigenvalue weighted by molar-refractivity contribution is 0.623. The average molecular weight is 225 g/mol. The van der Waals surface area contributed by atoms with Gasteiger partial charge in [0.25, 0.3) is 0 Å². The summed E-state index contributed by atoms with van der Waals surface area (Å²) in [5.41, 5.74) is 0. The molecule has 0 aromatic heterocycles. The van der Waals surface area contributed by atoms with E-state index in [1.165, 1.54) is 6.08 Å². The summed E-state index contributed by atoms with van der Waals surface area (Å²) in [4.78, 5) is 0. The van der Waals surface area contributed by atoms with Crippen LogP contribution in [-0.2, 0) is 0 Å². The van der Waals surface area contributed by atoms with Gasteiger partial charge in [-0.25, -0.2) is 4.39 Å². The maximum absolute atomic E-state index is 12.5. The van der Waals surface area contributed by atoms with Crippen LogP contribution in [-0.4, -0.2) is 5.33 Å². The lowest BCUT2D eigenvalue weighted by Crippen LogP contribution is -2.01. The van der Waals surface area contributed by atoms with E-state index in [1.807, 2.05) is 0 Å². The molecule has 10 heavy (non-hydrogen) atoms. The second kappa shape index (κ2) is 3.54. The van der Waals surface area contributed by atoms with E-state index in [0.717, 1.165) is 11.8 Å². The molecule has 1 aliphatic carbocycles. The minimum Gasteiger partial charge on any atom is -0.206 e. The molecule has 0 heterocycles. The highest BCUT2D eigenvalue weighted by Gasteiger charge is 2.12. The molecular formula is C7H7BrClF. The minimum absolute atomic E-state index is 0.246. The summed E-state index contributed by atoms with van der Waals surface area (Å²) in [5, 5.41) is 1.09. The molecule has 56 valence electrons. The highest BCUT2D eigenvalue weighted by Crippen LogP contribution is 2.27. The largest absolute Gasteiger partial charge is 0.206 e. The highest BCUT2D eigenvalue weighted by molar-refractivity contribution is 9.09. The number of hydrogen-bond donors (Lipinski definition) is 0. The molecule has 3 heteroatoms. The van der Waals surface area contributed by atoms with Gasteiger partial charge in [-0.1, -0.05) is 33.6 Å². The van der Waals surface area contributed by atoms with Crippen LogP contribution < -0.4 is 0 Å². The summed E-state index contributed by atoms with van der Waals surface area (Å²) in [5.74, 6) is 0.0610. The molecule has 0 aromatic carbocycles. The number of allylic oxidation sites excluding steroid dienone is 4. The second-order valence-electron chi connectivity index (χ2n) is 2.22. The summed E-state index contributed by atoms with van der Waals surface area (Å²) in [6.45, 7) is 0. The normalized spacial score (nSPS) is 25.7. The molecule has 0 nitrogen and oxygen atoms in total. The van der Waals surface area contributed by atoms with Gasteiger partial charge in [0, 0.05) is 5.33 Å². The Bertz CT molecular complexity index is 186. The van der Waals surface area contributed by atoms with E-state index in [-0.39, 0.29) is 10.9 Å². The fraction of sp³-hybridized carbons (Fsp3) is 0.429. The predicted octanol–water partition coefficient (Wildman–Crippen LogP) is 3.38. The van der Waals surface area contributed by atoms with Crippen LogP contribution in [0.5, 0.6) is 0 Å². The summed E-state index contributed by atoms with van der Waals surface area (Å²) in [7, 11) is 0. The van der Waals surface area contributed by atoms with E-state index in [4.69, 9.17) is 11.6 Å². The molecule has 0 radical (unpaired) electrons. The third kappa shape index (κ3) is 1.83. The Kier molecular flexibility index (Phi) is 2.93. The van der Waals surface area contributed by atoms with Crippen molar-refractivity contribution >= 4 is 27.5 Å². The van der Waals surface area contributed by atoms with Crippen LogP contribution >= 0.6 is 27.5 Å². The molecule has 0 saturated heterocycles. The fourth-order valence-corrected chi connectivity index (χ4v) is 1.52. The third-order valence-electron chi connectivity index (χ3n) is 1.41. The van der Waals surface area contributed by atoms with E-state index >= 15 is 0 Å². The maximum atomic E-state index is 12.5. The van der Waals surface area contributed by atoms with Crippen molar-refractivity contribution in [3.05, 3.63) is 23.0 Å². The van der Waals surface area contributed by atoms with Gasteiger partial charge in [0.05, 0.1) is 5.03 Å². The lowest BCUT2D eigenvalue weighted by atomic mass is 10.0. The van der Waals surface area contributed by atoms with Crippen LogP contribution in [0.2, 0.25) is 0 Å². The Hall–Kier alpha value is 0.180. The average Bonchev–Trinajstić information content (AvgIpc) is 1.95. The Morgan fingerprint density at radius 1 is 1.80 bits per heavy atom.